The van der Waals surface area contributed by atoms with Crippen molar-refractivity contribution in [3.63, 3.8) is 0 Å². The zero-order chi connectivity index (χ0) is 13.5. The molecule has 1 fully saturated rings. The van der Waals surface area contributed by atoms with E-state index in [9.17, 15) is 0 Å². The second-order valence-electron chi connectivity index (χ2n) is 4.82. The molecule has 1 aliphatic rings. The Bertz CT molecular complexity index is 394. The molecular formula is C16H22O2. The van der Waals surface area contributed by atoms with Gasteiger partial charge in [0.15, 0.2) is 6.29 Å². The van der Waals surface area contributed by atoms with Crippen LogP contribution in [0.3, 0.4) is 0 Å². The van der Waals surface area contributed by atoms with E-state index >= 15 is 0 Å². The highest BCUT2D eigenvalue weighted by Crippen LogP contribution is 2.22. The fourth-order valence-electron chi connectivity index (χ4n) is 2.35. The first-order valence-corrected chi connectivity index (χ1v) is 6.75. The van der Waals surface area contributed by atoms with E-state index in [0.717, 1.165) is 24.2 Å². The molecule has 1 aliphatic carbocycles. The lowest BCUT2D eigenvalue weighted by Gasteiger charge is -2.26. The summed E-state index contributed by atoms with van der Waals surface area (Å²) in [5, 5.41) is 0. The first kappa shape index (κ1) is 11.8. The lowest BCUT2D eigenvalue weighted by atomic mass is 9.98. The molecule has 0 radical (unpaired) electrons. The van der Waals surface area contributed by atoms with Crippen LogP contribution in [0.2, 0.25) is 0 Å². The van der Waals surface area contributed by atoms with Crippen LogP contribution in [0, 0.1) is 0 Å². The number of hydrogen-bond acceptors (Lipinski definition) is 2. The van der Waals surface area contributed by atoms with Gasteiger partial charge in [0.1, 0.15) is 5.75 Å². The summed E-state index contributed by atoms with van der Waals surface area (Å²) in [5.74, 6) is 0.811. The maximum atomic E-state index is 7.02. The Morgan fingerprint density at radius 3 is 2.67 bits per heavy atom. The van der Waals surface area contributed by atoms with Crippen LogP contribution in [0.25, 0.3) is 6.08 Å². The molecule has 98 valence electrons. The predicted octanol–water partition coefficient (Wildman–Crippen LogP) is 4.40. The summed E-state index contributed by atoms with van der Waals surface area (Å²) >= 11 is 0. The van der Waals surface area contributed by atoms with Crippen LogP contribution >= 0.6 is 0 Å². The lowest BCUT2D eigenvalue weighted by Crippen LogP contribution is -2.26. The summed E-state index contributed by atoms with van der Waals surface area (Å²) in [4.78, 5) is 0. The van der Waals surface area contributed by atoms with Gasteiger partial charge in [0, 0.05) is 0 Å². The largest absolute Gasteiger partial charge is 0.465 e. The fourth-order valence-corrected chi connectivity index (χ4v) is 2.35. The zero-order valence-corrected chi connectivity index (χ0v) is 11.0. The number of benzene rings is 1. The third-order valence-electron chi connectivity index (χ3n) is 3.31. The average molecular weight is 247 g/mol. The lowest BCUT2D eigenvalue weighted by molar-refractivity contribution is -0.116. The molecule has 0 saturated heterocycles. The van der Waals surface area contributed by atoms with E-state index in [0.29, 0.717) is 6.10 Å². The molecule has 2 heteroatoms. The fraction of sp³-hybridized carbons (Fsp3) is 0.500. The van der Waals surface area contributed by atoms with Crippen LogP contribution in [0.15, 0.2) is 30.8 Å². The first-order chi connectivity index (χ1) is 9.28. The second kappa shape index (κ2) is 6.60. The van der Waals surface area contributed by atoms with Crippen molar-refractivity contribution in [3.8, 4) is 5.75 Å². The summed E-state index contributed by atoms with van der Waals surface area (Å²) in [7, 11) is 0. The van der Waals surface area contributed by atoms with E-state index in [1.807, 2.05) is 31.2 Å². The smallest absolute Gasteiger partial charge is 0.197 e. The van der Waals surface area contributed by atoms with Crippen LogP contribution in [-0.4, -0.2) is 12.4 Å². The molecular weight excluding hydrogens is 224 g/mol. The third kappa shape index (κ3) is 3.88. The van der Waals surface area contributed by atoms with Crippen molar-refractivity contribution < 1.29 is 10.8 Å². The van der Waals surface area contributed by atoms with Gasteiger partial charge in [0.05, 0.1) is 7.47 Å². The summed E-state index contributed by atoms with van der Waals surface area (Å²) in [6.45, 7) is 3.23. The summed E-state index contributed by atoms with van der Waals surface area (Å²) < 4.78 is 18.7. The molecule has 1 atom stereocenters. The minimum Gasteiger partial charge on any atom is -0.465 e. The van der Waals surface area contributed by atoms with Crippen LogP contribution in [0.5, 0.6) is 5.75 Å². The molecule has 2 nitrogen and oxygen atoms in total. The molecule has 0 aromatic heterocycles. The van der Waals surface area contributed by atoms with E-state index in [1.165, 1.54) is 25.8 Å². The molecule has 0 bridgehead atoms. The average Bonchev–Trinajstić information content (AvgIpc) is 2.42. The second-order valence-corrected chi connectivity index (χ2v) is 4.82. The molecule has 1 aromatic rings. The van der Waals surface area contributed by atoms with Gasteiger partial charge >= 0.3 is 0 Å². The standard InChI is InChI=1S/C16H22O2/c1-3-14-9-11-16(12-10-14)18-13(2)17-15-7-5-4-6-8-15/h3,9-13,15H,1,4-8H2,2H3/i1D. The molecule has 18 heavy (non-hydrogen) atoms. The van der Waals surface area contributed by atoms with Crippen LogP contribution in [0.4, 0.5) is 0 Å². The SMILES string of the molecule is [2H]C=Cc1ccc(OC(C)OC2CCCCC2)cc1. The highest BCUT2D eigenvalue weighted by Gasteiger charge is 2.17. The van der Waals surface area contributed by atoms with Gasteiger partial charge < -0.3 is 9.47 Å². The predicted molar refractivity (Wildman–Crippen MR) is 74.6 cm³/mol. The highest BCUT2D eigenvalue weighted by atomic mass is 16.7. The van der Waals surface area contributed by atoms with Crippen molar-refractivity contribution in [3.05, 3.63) is 36.4 Å². The monoisotopic (exact) mass is 247 g/mol. The third-order valence-corrected chi connectivity index (χ3v) is 3.31. The highest BCUT2D eigenvalue weighted by molar-refractivity contribution is 5.48. The number of hydrogen-bond donors (Lipinski definition) is 0. The molecule has 0 heterocycles. The normalized spacial score (nSPS) is 19.7. The summed E-state index contributed by atoms with van der Waals surface area (Å²) in [5.41, 5.74) is 1.00. The van der Waals surface area contributed by atoms with Gasteiger partial charge in [-0.1, -0.05) is 44.0 Å². The van der Waals surface area contributed by atoms with Gasteiger partial charge in [0.2, 0.25) is 0 Å². The van der Waals surface area contributed by atoms with Crippen molar-refractivity contribution in [2.45, 2.75) is 51.4 Å². The van der Waals surface area contributed by atoms with E-state index in [4.69, 9.17) is 10.8 Å². The van der Waals surface area contributed by atoms with E-state index < -0.39 is 0 Å². The summed E-state index contributed by atoms with van der Waals surface area (Å²) in [6, 6.07) is 7.70. The van der Waals surface area contributed by atoms with E-state index in [1.54, 1.807) is 6.08 Å². The van der Waals surface area contributed by atoms with Gasteiger partial charge in [-0.3, -0.25) is 0 Å². The van der Waals surface area contributed by atoms with Crippen molar-refractivity contribution in [1.29, 1.82) is 0 Å². The summed E-state index contributed by atoms with van der Waals surface area (Å²) in [6.07, 6.45) is 8.07. The first-order valence-electron chi connectivity index (χ1n) is 7.33. The zero-order valence-electron chi connectivity index (χ0n) is 12.0. The topological polar surface area (TPSA) is 18.5 Å². The Morgan fingerprint density at radius 1 is 1.28 bits per heavy atom. The Hall–Kier alpha value is -1.28. The van der Waals surface area contributed by atoms with E-state index in [-0.39, 0.29) is 6.29 Å². The molecule has 0 aliphatic heterocycles. The van der Waals surface area contributed by atoms with Gasteiger partial charge in [-0.2, -0.15) is 0 Å². The maximum Gasteiger partial charge on any atom is 0.197 e. The Kier molecular flexibility index (Phi) is 4.32. The molecule has 0 N–H and O–H groups in total. The molecule has 0 spiro atoms. The van der Waals surface area contributed by atoms with Crippen molar-refractivity contribution >= 4 is 6.08 Å². The van der Waals surface area contributed by atoms with Gasteiger partial charge in [-0.15, -0.1) is 0 Å². The van der Waals surface area contributed by atoms with Crippen molar-refractivity contribution in [2.24, 2.45) is 0 Å². The molecule has 1 aromatic carbocycles. The van der Waals surface area contributed by atoms with Crippen molar-refractivity contribution in [2.75, 3.05) is 0 Å². The van der Waals surface area contributed by atoms with Crippen LogP contribution < -0.4 is 4.74 Å². The Labute approximate surface area is 111 Å². The Morgan fingerprint density at radius 2 is 2.00 bits per heavy atom. The van der Waals surface area contributed by atoms with Crippen LogP contribution in [0.1, 0.15) is 46.0 Å². The van der Waals surface area contributed by atoms with Gasteiger partial charge in [0.25, 0.3) is 0 Å². The minimum absolute atomic E-state index is 0.208. The van der Waals surface area contributed by atoms with Gasteiger partial charge in [-0.05, 0) is 37.5 Å². The molecule has 2 rings (SSSR count). The molecule has 1 saturated carbocycles. The Balaban J connectivity index is 1.82. The maximum absolute atomic E-state index is 7.02. The molecule has 1 unspecified atom stereocenters. The van der Waals surface area contributed by atoms with Crippen LogP contribution in [-0.2, 0) is 4.74 Å². The quantitative estimate of drug-likeness (QED) is 0.718. The minimum atomic E-state index is -0.208. The van der Waals surface area contributed by atoms with Crippen molar-refractivity contribution in [1.82, 2.24) is 0 Å². The number of rotatable bonds is 5. The van der Waals surface area contributed by atoms with Gasteiger partial charge in [-0.25, -0.2) is 0 Å². The van der Waals surface area contributed by atoms with E-state index in [2.05, 4.69) is 0 Å². The molecule has 0 amide bonds. The number of ether oxygens (including phenoxy) is 2.